The van der Waals surface area contributed by atoms with E-state index in [2.05, 4.69) is 57.2 Å². The molecule has 0 atom stereocenters. The number of pyridine rings is 1. The lowest BCUT2D eigenvalue weighted by molar-refractivity contribution is 0.206. The summed E-state index contributed by atoms with van der Waals surface area (Å²) in [6.07, 6.45) is 3.49. The first kappa shape index (κ1) is 20.5. The van der Waals surface area contributed by atoms with E-state index in [0.29, 0.717) is 31.5 Å². The van der Waals surface area contributed by atoms with Gasteiger partial charge < -0.3 is 9.64 Å². The van der Waals surface area contributed by atoms with Crippen LogP contribution in [0.4, 0.5) is 11.8 Å². The number of nitrogens with zero attached hydrogens (tertiary/aromatic N) is 6. The maximum Gasteiger partial charge on any atom is 0.227 e. The zero-order valence-electron chi connectivity index (χ0n) is 17.3. The first-order valence-corrected chi connectivity index (χ1v) is 9.50. The van der Waals surface area contributed by atoms with E-state index < -0.39 is 0 Å². The Bertz CT molecular complexity index is 974. The molecule has 7 heteroatoms. The Morgan fingerprint density at radius 3 is 2.52 bits per heavy atom. The molecule has 0 radical (unpaired) electrons. The molecule has 0 spiro atoms. The maximum absolute atomic E-state index is 5.16. The van der Waals surface area contributed by atoms with Crippen molar-refractivity contribution in [3.05, 3.63) is 65.5 Å². The fraction of sp³-hybridized carbons (Fsp3) is 0.318. The minimum absolute atomic E-state index is 0.505. The van der Waals surface area contributed by atoms with E-state index >= 15 is 0 Å². The van der Waals surface area contributed by atoms with Gasteiger partial charge in [-0.05, 0) is 42.7 Å². The number of aromatic nitrogens is 3. The van der Waals surface area contributed by atoms with Gasteiger partial charge in [0, 0.05) is 44.7 Å². The van der Waals surface area contributed by atoms with Crippen molar-refractivity contribution < 1.29 is 4.74 Å². The fourth-order valence-corrected chi connectivity index (χ4v) is 2.73. The summed E-state index contributed by atoms with van der Waals surface area (Å²) in [5.41, 5.74) is 5.38. The number of benzene rings is 1. The third-order valence-corrected chi connectivity index (χ3v) is 4.65. The Kier molecular flexibility index (Phi) is 6.97. The van der Waals surface area contributed by atoms with Crippen molar-refractivity contribution in [2.45, 2.75) is 20.4 Å². The van der Waals surface area contributed by atoms with Gasteiger partial charge in [0.2, 0.25) is 5.95 Å². The van der Waals surface area contributed by atoms with Crippen molar-refractivity contribution in [1.82, 2.24) is 15.0 Å². The van der Waals surface area contributed by atoms with Crippen LogP contribution in [0.5, 0.6) is 0 Å². The van der Waals surface area contributed by atoms with Crippen LogP contribution in [0.1, 0.15) is 16.7 Å². The predicted molar refractivity (Wildman–Crippen MR) is 115 cm³/mol. The summed E-state index contributed by atoms with van der Waals surface area (Å²) in [6.45, 7) is 5.97. The molecule has 0 aliphatic carbocycles. The Hall–Kier alpha value is -3.19. The molecule has 0 amide bonds. The Balaban J connectivity index is 1.86. The van der Waals surface area contributed by atoms with Gasteiger partial charge >= 0.3 is 0 Å². The number of anilines is 1. The lowest BCUT2D eigenvalue weighted by Crippen LogP contribution is -2.24. The molecule has 2 heterocycles. The largest absolute Gasteiger partial charge is 0.383 e. The summed E-state index contributed by atoms with van der Waals surface area (Å²) < 4.78 is 5.16. The zero-order valence-corrected chi connectivity index (χ0v) is 17.3. The van der Waals surface area contributed by atoms with Crippen LogP contribution in [0.2, 0.25) is 0 Å². The summed E-state index contributed by atoms with van der Waals surface area (Å²) in [4.78, 5) is 15.2. The van der Waals surface area contributed by atoms with Crippen LogP contribution in [0.15, 0.2) is 59.0 Å². The first-order chi connectivity index (χ1) is 14.1. The number of rotatable bonds is 8. The number of hydrogen-bond donors (Lipinski definition) is 0. The van der Waals surface area contributed by atoms with Gasteiger partial charge in [-0.1, -0.05) is 18.2 Å². The second-order valence-electron chi connectivity index (χ2n) is 6.88. The van der Waals surface area contributed by atoms with Crippen molar-refractivity contribution in [1.29, 1.82) is 0 Å². The van der Waals surface area contributed by atoms with Crippen molar-refractivity contribution >= 4 is 11.8 Å². The molecule has 0 aliphatic heterocycles. The Labute approximate surface area is 171 Å². The Morgan fingerprint density at radius 2 is 1.79 bits per heavy atom. The van der Waals surface area contributed by atoms with Gasteiger partial charge in [0.15, 0.2) is 5.82 Å². The average Bonchev–Trinajstić information content (AvgIpc) is 2.75. The first-order valence-electron chi connectivity index (χ1n) is 9.50. The SMILES string of the molecule is COCCN(C)c1nc(N=NCc2ccc(C)c(C)c2)cc(-c2ccncc2)n1. The normalized spacial score (nSPS) is 11.2. The maximum atomic E-state index is 5.16. The van der Waals surface area contributed by atoms with E-state index in [-0.39, 0.29) is 0 Å². The molecule has 0 aliphatic rings. The predicted octanol–water partition coefficient (Wildman–Crippen LogP) is 4.52. The highest BCUT2D eigenvalue weighted by Gasteiger charge is 2.10. The lowest BCUT2D eigenvalue weighted by atomic mass is 10.1. The monoisotopic (exact) mass is 390 g/mol. The summed E-state index contributed by atoms with van der Waals surface area (Å²) >= 11 is 0. The molecular weight excluding hydrogens is 364 g/mol. The standard InChI is InChI=1S/C22H26N6O/c1-16-5-6-18(13-17(16)2)15-24-27-21-14-20(19-7-9-23-10-8-19)25-22(26-21)28(3)11-12-29-4/h5-10,13-14H,11-12,15H2,1-4H3. The smallest absolute Gasteiger partial charge is 0.227 e. The second kappa shape index (κ2) is 9.84. The third-order valence-electron chi connectivity index (χ3n) is 4.65. The van der Waals surface area contributed by atoms with E-state index in [9.17, 15) is 0 Å². The molecule has 3 rings (SSSR count). The van der Waals surface area contributed by atoms with Crippen molar-refractivity contribution in [2.75, 3.05) is 32.2 Å². The van der Waals surface area contributed by atoms with Crippen LogP contribution in [0.3, 0.4) is 0 Å². The van der Waals surface area contributed by atoms with Crippen LogP contribution >= 0.6 is 0 Å². The van der Waals surface area contributed by atoms with Crippen LogP contribution < -0.4 is 4.90 Å². The molecule has 0 bridgehead atoms. The van der Waals surface area contributed by atoms with Crippen molar-refractivity contribution in [3.63, 3.8) is 0 Å². The highest BCUT2D eigenvalue weighted by atomic mass is 16.5. The number of likely N-dealkylation sites (N-methyl/N-ethyl adjacent to an activating group) is 1. The van der Waals surface area contributed by atoms with E-state index in [1.807, 2.05) is 30.1 Å². The molecule has 150 valence electrons. The topological polar surface area (TPSA) is 75.9 Å². The molecule has 0 unspecified atom stereocenters. The minimum atomic E-state index is 0.505. The highest BCUT2D eigenvalue weighted by Crippen LogP contribution is 2.24. The van der Waals surface area contributed by atoms with Crippen LogP contribution in [-0.4, -0.2) is 42.3 Å². The van der Waals surface area contributed by atoms with Crippen molar-refractivity contribution in [2.24, 2.45) is 10.2 Å². The number of azo groups is 1. The molecule has 1 aromatic carbocycles. The molecule has 0 N–H and O–H groups in total. The minimum Gasteiger partial charge on any atom is -0.383 e. The van der Waals surface area contributed by atoms with Crippen LogP contribution in [-0.2, 0) is 11.3 Å². The van der Waals surface area contributed by atoms with E-state index in [4.69, 9.17) is 4.74 Å². The van der Waals surface area contributed by atoms with E-state index in [1.165, 1.54) is 11.1 Å². The van der Waals surface area contributed by atoms with Gasteiger partial charge in [-0.25, -0.2) is 4.98 Å². The van der Waals surface area contributed by atoms with Crippen molar-refractivity contribution in [3.8, 4) is 11.3 Å². The molecule has 0 fully saturated rings. The highest BCUT2D eigenvalue weighted by molar-refractivity contribution is 5.63. The summed E-state index contributed by atoms with van der Waals surface area (Å²) in [7, 11) is 3.61. The quantitative estimate of drug-likeness (QED) is 0.529. The number of aryl methyl sites for hydroxylation is 2. The van der Waals surface area contributed by atoms with Gasteiger partial charge in [-0.3, -0.25) is 4.98 Å². The molecule has 7 nitrogen and oxygen atoms in total. The second-order valence-corrected chi connectivity index (χ2v) is 6.88. The fourth-order valence-electron chi connectivity index (χ4n) is 2.73. The van der Waals surface area contributed by atoms with Gasteiger partial charge in [0.1, 0.15) is 0 Å². The van der Waals surface area contributed by atoms with E-state index in [1.54, 1.807) is 19.5 Å². The van der Waals surface area contributed by atoms with Gasteiger partial charge in [0.25, 0.3) is 0 Å². The van der Waals surface area contributed by atoms with Gasteiger partial charge in [-0.2, -0.15) is 10.1 Å². The Morgan fingerprint density at radius 1 is 1.00 bits per heavy atom. The number of methoxy groups -OCH3 is 1. The van der Waals surface area contributed by atoms with Gasteiger partial charge in [0.05, 0.1) is 18.8 Å². The van der Waals surface area contributed by atoms with E-state index in [0.717, 1.165) is 16.8 Å². The van der Waals surface area contributed by atoms with Crippen LogP contribution in [0, 0.1) is 13.8 Å². The van der Waals surface area contributed by atoms with Crippen LogP contribution in [0.25, 0.3) is 11.3 Å². The molecule has 2 aromatic heterocycles. The molecular formula is C22H26N6O. The summed E-state index contributed by atoms with van der Waals surface area (Å²) in [5, 5.41) is 8.72. The molecule has 0 saturated carbocycles. The number of ether oxygens (including phenoxy) is 1. The molecule has 0 saturated heterocycles. The summed E-state index contributed by atoms with van der Waals surface area (Å²) in [6, 6.07) is 12.0. The molecule has 29 heavy (non-hydrogen) atoms. The zero-order chi connectivity index (χ0) is 20.6. The van der Waals surface area contributed by atoms with Gasteiger partial charge in [-0.15, -0.1) is 5.11 Å². The lowest BCUT2D eigenvalue weighted by Gasteiger charge is -2.17. The number of hydrogen-bond acceptors (Lipinski definition) is 7. The third kappa shape index (κ3) is 5.65. The summed E-state index contributed by atoms with van der Waals surface area (Å²) in [5.74, 6) is 1.10. The average molecular weight is 390 g/mol. The molecule has 3 aromatic rings.